The first-order chi connectivity index (χ1) is 14.0. The van der Waals surface area contributed by atoms with Gasteiger partial charge < -0.3 is 15.0 Å². The van der Waals surface area contributed by atoms with Crippen LogP contribution in [0.25, 0.3) is 0 Å². The zero-order chi connectivity index (χ0) is 20.4. The summed E-state index contributed by atoms with van der Waals surface area (Å²) in [5, 5.41) is 2.80. The Morgan fingerprint density at radius 3 is 2.62 bits per heavy atom. The lowest BCUT2D eigenvalue weighted by Gasteiger charge is -2.25. The van der Waals surface area contributed by atoms with Crippen LogP contribution in [0, 0.1) is 17.6 Å². The van der Waals surface area contributed by atoms with Gasteiger partial charge in [-0.1, -0.05) is 6.42 Å². The second-order valence-corrected chi connectivity index (χ2v) is 8.93. The molecule has 1 saturated carbocycles. The number of halogens is 2. The molecule has 0 unspecified atom stereocenters. The van der Waals surface area contributed by atoms with E-state index in [1.165, 1.54) is 17.0 Å². The Morgan fingerprint density at radius 1 is 1.17 bits per heavy atom. The molecule has 2 saturated heterocycles. The molecular formula is C20H25F2N3O3S. The maximum atomic E-state index is 14.8. The predicted molar refractivity (Wildman–Crippen MR) is 108 cm³/mol. The highest BCUT2D eigenvalue weighted by molar-refractivity contribution is 7.99. The molecule has 9 heteroatoms. The lowest BCUT2D eigenvalue weighted by molar-refractivity contribution is -0.127. The summed E-state index contributed by atoms with van der Waals surface area (Å²) in [5.74, 6) is 0.478. The molecule has 3 fully saturated rings. The van der Waals surface area contributed by atoms with E-state index < -0.39 is 23.8 Å². The van der Waals surface area contributed by atoms with E-state index in [9.17, 15) is 18.4 Å². The normalized spacial score (nSPS) is 22.8. The van der Waals surface area contributed by atoms with Crippen LogP contribution in [-0.4, -0.2) is 55.8 Å². The maximum absolute atomic E-state index is 14.8. The highest BCUT2D eigenvalue weighted by atomic mass is 32.2. The average Bonchev–Trinajstić information content (AvgIpc) is 2.82. The van der Waals surface area contributed by atoms with Crippen LogP contribution in [0.2, 0.25) is 0 Å². The Hall–Kier alpha value is -2.03. The van der Waals surface area contributed by atoms with Gasteiger partial charge in [0.15, 0.2) is 11.6 Å². The van der Waals surface area contributed by atoms with E-state index in [2.05, 4.69) is 5.32 Å². The number of carbonyl (C=O) groups is 2. The Balaban J connectivity index is 1.42. The zero-order valence-electron chi connectivity index (χ0n) is 16.2. The van der Waals surface area contributed by atoms with Crippen LogP contribution in [0.4, 0.5) is 25.0 Å². The summed E-state index contributed by atoms with van der Waals surface area (Å²) in [6.45, 7) is 1.54. The monoisotopic (exact) mass is 425 g/mol. The predicted octanol–water partition coefficient (Wildman–Crippen LogP) is 3.15. The lowest BCUT2D eigenvalue weighted by Crippen LogP contribution is -2.40. The molecule has 0 radical (unpaired) electrons. The average molecular weight is 426 g/mol. The first-order valence-electron chi connectivity index (χ1n) is 10.1. The molecule has 4 rings (SSSR count). The van der Waals surface area contributed by atoms with Crippen molar-refractivity contribution in [3.8, 4) is 0 Å². The summed E-state index contributed by atoms with van der Waals surface area (Å²) in [6, 6.07) is 2.38. The molecule has 1 N–H and O–H groups in total. The Labute approximate surface area is 172 Å². The summed E-state index contributed by atoms with van der Waals surface area (Å²) >= 11 is 1.78. The molecule has 1 atom stereocenters. The van der Waals surface area contributed by atoms with Gasteiger partial charge >= 0.3 is 6.09 Å². The van der Waals surface area contributed by atoms with E-state index in [1.807, 2.05) is 0 Å². The van der Waals surface area contributed by atoms with E-state index in [4.69, 9.17) is 4.74 Å². The Morgan fingerprint density at radius 2 is 1.93 bits per heavy atom. The van der Waals surface area contributed by atoms with Gasteiger partial charge in [-0.15, -0.1) is 0 Å². The number of anilines is 2. The van der Waals surface area contributed by atoms with Crippen LogP contribution in [0.5, 0.6) is 0 Å². The van der Waals surface area contributed by atoms with E-state index in [0.717, 1.165) is 37.2 Å². The van der Waals surface area contributed by atoms with Crippen LogP contribution < -0.4 is 15.1 Å². The number of hydrogen-bond donors (Lipinski definition) is 1. The van der Waals surface area contributed by atoms with Crippen molar-refractivity contribution in [2.24, 2.45) is 5.92 Å². The van der Waals surface area contributed by atoms with Crippen LogP contribution in [0.3, 0.4) is 0 Å². The number of thioether (sulfide) groups is 1. The van der Waals surface area contributed by atoms with Crippen molar-refractivity contribution in [2.75, 3.05) is 47.5 Å². The quantitative estimate of drug-likeness (QED) is 0.785. The van der Waals surface area contributed by atoms with E-state index in [1.54, 1.807) is 16.7 Å². The summed E-state index contributed by atoms with van der Waals surface area (Å²) in [4.78, 5) is 27.1. The Bertz CT molecular complexity index is 759. The zero-order valence-corrected chi connectivity index (χ0v) is 17.0. The smallest absolute Gasteiger partial charge is 0.414 e. The number of carbonyl (C=O) groups excluding carboxylic acids is 2. The van der Waals surface area contributed by atoms with Crippen molar-refractivity contribution in [2.45, 2.75) is 31.8 Å². The van der Waals surface area contributed by atoms with Crippen LogP contribution >= 0.6 is 11.8 Å². The van der Waals surface area contributed by atoms with Gasteiger partial charge in [0.2, 0.25) is 5.91 Å². The van der Waals surface area contributed by atoms with Gasteiger partial charge in [-0.2, -0.15) is 11.8 Å². The van der Waals surface area contributed by atoms with Crippen molar-refractivity contribution in [3.05, 3.63) is 23.8 Å². The Kier molecular flexibility index (Phi) is 6.12. The first kappa shape index (κ1) is 20.3. The van der Waals surface area contributed by atoms with Gasteiger partial charge in [-0.3, -0.25) is 9.69 Å². The van der Waals surface area contributed by atoms with Crippen LogP contribution in [0.1, 0.15) is 25.7 Å². The molecule has 0 aromatic heterocycles. The highest BCUT2D eigenvalue weighted by Crippen LogP contribution is 2.32. The fourth-order valence-electron chi connectivity index (χ4n) is 3.85. The fourth-order valence-corrected chi connectivity index (χ4v) is 4.73. The van der Waals surface area contributed by atoms with Gasteiger partial charge in [-0.25, -0.2) is 13.6 Å². The van der Waals surface area contributed by atoms with Gasteiger partial charge in [0.1, 0.15) is 11.8 Å². The number of ether oxygens (including phenoxy) is 1. The largest absolute Gasteiger partial charge is 0.442 e. The van der Waals surface area contributed by atoms with Gasteiger partial charge in [0.05, 0.1) is 18.8 Å². The first-order valence-corrected chi connectivity index (χ1v) is 11.3. The van der Waals surface area contributed by atoms with Crippen molar-refractivity contribution >= 4 is 35.1 Å². The molecule has 2 heterocycles. The lowest BCUT2D eigenvalue weighted by atomic mass is 9.85. The second kappa shape index (κ2) is 8.77. The van der Waals surface area contributed by atoms with Crippen LogP contribution in [0.15, 0.2) is 12.1 Å². The van der Waals surface area contributed by atoms with Crippen molar-refractivity contribution in [1.29, 1.82) is 0 Å². The minimum atomic E-state index is -0.679. The molecule has 0 bridgehead atoms. The number of nitrogens with one attached hydrogen (secondary N) is 1. The highest BCUT2D eigenvalue weighted by Gasteiger charge is 2.35. The van der Waals surface area contributed by atoms with Gasteiger partial charge in [-0.05, 0) is 25.0 Å². The third-order valence-electron chi connectivity index (χ3n) is 5.71. The third kappa shape index (κ3) is 4.44. The number of hydrogen-bond acceptors (Lipinski definition) is 5. The van der Waals surface area contributed by atoms with Crippen molar-refractivity contribution in [3.63, 3.8) is 0 Å². The number of rotatable bonds is 5. The molecule has 2 amide bonds. The maximum Gasteiger partial charge on any atom is 0.414 e. The summed E-state index contributed by atoms with van der Waals surface area (Å²) in [6.07, 6.45) is 2.52. The standard InChI is InChI=1S/C20H25F2N3O3S/c21-16-9-14(10-17(22)18(16)24-5-2-7-29-8-6-24)25-12-15(28-20(25)27)11-23-19(26)13-3-1-4-13/h9-10,13,15H,1-8,11-12H2,(H,23,26)/t15-/m0/s1. The van der Waals surface area contributed by atoms with E-state index in [-0.39, 0.29) is 36.3 Å². The van der Waals surface area contributed by atoms with E-state index in [0.29, 0.717) is 13.1 Å². The van der Waals surface area contributed by atoms with Crippen LogP contribution in [-0.2, 0) is 9.53 Å². The second-order valence-electron chi connectivity index (χ2n) is 7.70. The SMILES string of the molecule is O=C(NC[C@H]1CN(c2cc(F)c(N3CCCSCC3)c(F)c2)C(=O)O1)C1CCC1. The number of amides is 2. The van der Waals surface area contributed by atoms with E-state index >= 15 is 0 Å². The molecule has 0 spiro atoms. The number of benzene rings is 1. The molecule has 1 aliphatic carbocycles. The van der Waals surface area contributed by atoms with Gasteiger partial charge in [0.25, 0.3) is 0 Å². The third-order valence-corrected chi connectivity index (χ3v) is 6.75. The van der Waals surface area contributed by atoms with Crippen molar-refractivity contribution in [1.82, 2.24) is 5.32 Å². The minimum absolute atomic E-state index is 0.0252. The summed E-state index contributed by atoms with van der Waals surface area (Å²) in [7, 11) is 0. The van der Waals surface area contributed by atoms with Gasteiger partial charge in [0, 0.05) is 36.9 Å². The molecule has 29 heavy (non-hydrogen) atoms. The molecule has 158 valence electrons. The molecular weight excluding hydrogens is 400 g/mol. The summed E-state index contributed by atoms with van der Waals surface area (Å²) in [5.41, 5.74) is 0.0962. The minimum Gasteiger partial charge on any atom is -0.442 e. The molecule has 2 aliphatic heterocycles. The number of cyclic esters (lactones) is 1. The summed E-state index contributed by atoms with van der Waals surface area (Å²) < 4.78 is 34.8. The molecule has 6 nitrogen and oxygen atoms in total. The topological polar surface area (TPSA) is 61.9 Å². The fraction of sp³-hybridized carbons (Fsp3) is 0.600. The van der Waals surface area contributed by atoms with Crippen molar-refractivity contribution < 1.29 is 23.1 Å². The molecule has 1 aromatic carbocycles. The molecule has 1 aromatic rings. The number of nitrogens with zero attached hydrogens (tertiary/aromatic N) is 2. The molecule has 3 aliphatic rings.